The molecule has 1 aromatic heterocycles. The summed E-state index contributed by atoms with van der Waals surface area (Å²) in [5.74, 6) is 0.408. The maximum absolute atomic E-state index is 12.1. The minimum Gasteiger partial charge on any atom is -0.382 e. The molecule has 1 unspecified atom stereocenters. The van der Waals surface area contributed by atoms with Gasteiger partial charge < -0.3 is 20.9 Å². The van der Waals surface area contributed by atoms with Gasteiger partial charge in [0.25, 0.3) is 0 Å². The van der Waals surface area contributed by atoms with Gasteiger partial charge in [-0.15, -0.1) is 0 Å². The zero-order valence-electron chi connectivity index (χ0n) is 10.5. The molecule has 3 heterocycles. The number of amides is 3. The van der Waals surface area contributed by atoms with Crippen LogP contribution in [0.5, 0.6) is 0 Å². The minimum absolute atomic E-state index is 0.00194. The lowest BCUT2D eigenvalue weighted by atomic mass is 10.2. The van der Waals surface area contributed by atoms with E-state index in [0.717, 1.165) is 0 Å². The number of aromatic nitrogens is 2. The molecule has 8 heteroatoms. The first kappa shape index (κ1) is 11.8. The number of nitrogens with one attached hydrogen (secondary N) is 1. The van der Waals surface area contributed by atoms with E-state index in [9.17, 15) is 9.59 Å². The molecule has 102 valence electrons. The Morgan fingerprint density at radius 2 is 2.37 bits per heavy atom. The molecule has 0 radical (unpaired) electrons. The average molecular weight is 264 g/mol. The minimum atomic E-state index is -0.0306. The standard InChI is InChI=1S/C11H16N6O2/c12-9-1-2-16(14-9)7-10(18)15-3-4-17-8(6-15)5-13-11(17)19/h1-2,8H,3-7H2,(H2,12,14)(H,13,19). The highest BCUT2D eigenvalue weighted by Gasteiger charge is 2.36. The molecule has 2 aliphatic rings. The van der Waals surface area contributed by atoms with E-state index in [4.69, 9.17) is 5.73 Å². The van der Waals surface area contributed by atoms with Gasteiger partial charge in [-0.2, -0.15) is 5.10 Å². The van der Waals surface area contributed by atoms with Crippen LogP contribution in [0, 0.1) is 0 Å². The van der Waals surface area contributed by atoms with Crippen molar-refractivity contribution in [3.63, 3.8) is 0 Å². The van der Waals surface area contributed by atoms with Gasteiger partial charge in [-0.05, 0) is 6.07 Å². The Morgan fingerprint density at radius 3 is 3.11 bits per heavy atom. The predicted molar refractivity (Wildman–Crippen MR) is 67.1 cm³/mol. The van der Waals surface area contributed by atoms with Crippen LogP contribution in [0.4, 0.5) is 10.6 Å². The highest BCUT2D eigenvalue weighted by molar-refractivity contribution is 5.79. The van der Waals surface area contributed by atoms with E-state index >= 15 is 0 Å². The van der Waals surface area contributed by atoms with Gasteiger partial charge in [0.1, 0.15) is 12.4 Å². The number of nitrogen functional groups attached to an aromatic ring is 1. The number of fused-ring (bicyclic) bond motifs is 1. The van der Waals surface area contributed by atoms with Crippen LogP contribution in [-0.2, 0) is 11.3 Å². The summed E-state index contributed by atoms with van der Waals surface area (Å²) < 4.78 is 1.53. The number of anilines is 1. The summed E-state index contributed by atoms with van der Waals surface area (Å²) in [6.07, 6.45) is 1.68. The molecular weight excluding hydrogens is 248 g/mol. The van der Waals surface area contributed by atoms with E-state index < -0.39 is 0 Å². The van der Waals surface area contributed by atoms with Gasteiger partial charge in [0.05, 0.1) is 6.04 Å². The number of urea groups is 1. The molecule has 1 aromatic rings. The first-order valence-electron chi connectivity index (χ1n) is 6.24. The molecule has 2 aliphatic heterocycles. The van der Waals surface area contributed by atoms with Crippen LogP contribution in [0.3, 0.4) is 0 Å². The highest BCUT2D eigenvalue weighted by atomic mass is 16.2. The number of nitrogens with zero attached hydrogens (tertiary/aromatic N) is 4. The number of hydrogen-bond donors (Lipinski definition) is 2. The number of hydrogen-bond acceptors (Lipinski definition) is 4. The first-order chi connectivity index (χ1) is 9.13. The van der Waals surface area contributed by atoms with Gasteiger partial charge in [0.2, 0.25) is 5.91 Å². The maximum atomic E-state index is 12.1. The molecule has 3 amide bonds. The van der Waals surface area contributed by atoms with Crippen molar-refractivity contribution in [2.45, 2.75) is 12.6 Å². The predicted octanol–water partition coefficient (Wildman–Crippen LogP) is -1.30. The summed E-state index contributed by atoms with van der Waals surface area (Å²) in [6.45, 7) is 2.53. The van der Waals surface area contributed by atoms with Crippen LogP contribution in [0.15, 0.2) is 12.3 Å². The van der Waals surface area contributed by atoms with Gasteiger partial charge in [-0.3, -0.25) is 9.48 Å². The Hall–Kier alpha value is -2.25. The smallest absolute Gasteiger partial charge is 0.317 e. The molecule has 8 nitrogen and oxygen atoms in total. The van der Waals surface area contributed by atoms with E-state index in [1.54, 1.807) is 22.1 Å². The molecule has 2 fully saturated rings. The van der Waals surface area contributed by atoms with Crippen LogP contribution in [-0.4, -0.2) is 63.7 Å². The quantitative estimate of drug-likeness (QED) is 0.694. The number of rotatable bonds is 2. The summed E-state index contributed by atoms with van der Waals surface area (Å²) in [5, 5.41) is 6.78. The van der Waals surface area contributed by atoms with Gasteiger partial charge >= 0.3 is 6.03 Å². The van der Waals surface area contributed by atoms with Crippen molar-refractivity contribution in [2.24, 2.45) is 0 Å². The Labute approximate surface area is 110 Å². The van der Waals surface area contributed by atoms with Crippen molar-refractivity contribution < 1.29 is 9.59 Å². The Balaban J connectivity index is 1.61. The van der Waals surface area contributed by atoms with Gasteiger partial charge in [0, 0.05) is 32.4 Å². The molecule has 1 atom stereocenters. The summed E-state index contributed by atoms with van der Waals surface area (Å²) in [4.78, 5) is 27.2. The van der Waals surface area contributed by atoms with Crippen LogP contribution < -0.4 is 11.1 Å². The SMILES string of the molecule is Nc1ccn(CC(=O)N2CCN3C(=O)NCC3C2)n1. The van der Waals surface area contributed by atoms with E-state index in [2.05, 4.69) is 10.4 Å². The molecule has 0 spiro atoms. The van der Waals surface area contributed by atoms with Gasteiger partial charge in [0.15, 0.2) is 0 Å². The van der Waals surface area contributed by atoms with Crippen molar-refractivity contribution in [3.8, 4) is 0 Å². The number of piperazine rings is 1. The van der Waals surface area contributed by atoms with E-state index in [0.29, 0.717) is 32.0 Å². The summed E-state index contributed by atoms with van der Waals surface area (Å²) in [5.41, 5.74) is 5.51. The Kier molecular flexibility index (Phi) is 2.77. The third kappa shape index (κ3) is 2.20. The van der Waals surface area contributed by atoms with E-state index in [1.165, 1.54) is 4.68 Å². The Bertz CT molecular complexity index is 513. The third-order valence-electron chi connectivity index (χ3n) is 3.54. The lowest BCUT2D eigenvalue weighted by molar-refractivity contribution is -0.134. The molecule has 0 aromatic carbocycles. The number of carbonyl (C=O) groups is 2. The van der Waals surface area contributed by atoms with E-state index in [1.807, 2.05) is 0 Å². The highest BCUT2D eigenvalue weighted by Crippen LogP contribution is 2.14. The molecule has 3 rings (SSSR count). The second-order valence-corrected chi connectivity index (χ2v) is 4.81. The topological polar surface area (TPSA) is 96.5 Å². The first-order valence-corrected chi connectivity index (χ1v) is 6.24. The second kappa shape index (κ2) is 4.45. The van der Waals surface area contributed by atoms with Crippen LogP contribution in [0.25, 0.3) is 0 Å². The monoisotopic (exact) mass is 264 g/mol. The lowest BCUT2D eigenvalue weighted by Crippen LogP contribution is -2.54. The third-order valence-corrected chi connectivity index (χ3v) is 3.54. The summed E-state index contributed by atoms with van der Waals surface area (Å²) in [7, 11) is 0. The fourth-order valence-electron chi connectivity index (χ4n) is 2.53. The molecule has 19 heavy (non-hydrogen) atoms. The number of carbonyl (C=O) groups excluding carboxylic acids is 2. The molecule has 0 bridgehead atoms. The summed E-state index contributed by atoms with van der Waals surface area (Å²) >= 11 is 0. The molecule has 0 saturated carbocycles. The van der Waals surface area contributed by atoms with Crippen molar-refractivity contribution in [1.29, 1.82) is 0 Å². The Morgan fingerprint density at radius 1 is 1.53 bits per heavy atom. The van der Waals surface area contributed by atoms with E-state index in [-0.39, 0.29) is 24.5 Å². The molecule has 0 aliphatic carbocycles. The lowest BCUT2D eigenvalue weighted by Gasteiger charge is -2.36. The zero-order valence-corrected chi connectivity index (χ0v) is 10.5. The molecular formula is C11H16N6O2. The van der Waals surface area contributed by atoms with Crippen molar-refractivity contribution >= 4 is 17.8 Å². The van der Waals surface area contributed by atoms with Crippen molar-refractivity contribution in [1.82, 2.24) is 24.9 Å². The number of nitrogens with two attached hydrogens (primary N) is 1. The largest absolute Gasteiger partial charge is 0.382 e. The van der Waals surface area contributed by atoms with Gasteiger partial charge in [-0.1, -0.05) is 0 Å². The van der Waals surface area contributed by atoms with Crippen LogP contribution in [0.2, 0.25) is 0 Å². The maximum Gasteiger partial charge on any atom is 0.317 e. The summed E-state index contributed by atoms with van der Waals surface area (Å²) in [6, 6.07) is 1.72. The molecule has 2 saturated heterocycles. The fraction of sp³-hybridized carbons (Fsp3) is 0.545. The molecule has 3 N–H and O–H groups in total. The average Bonchev–Trinajstić information content (AvgIpc) is 2.96. The van der Waals surface area contributed by atoms with Crippen LogP contribution in [0.1, 0.15) is 0 Å². The van der Waals surface area contributed by atoms with Gasteiger partial charge in [-0.25, -0.2) is 4.79 Å². The fourth-order valence-corrected chi connectivity index (χ4v) is 2.53. The second-order valence-electron chi connectivity index (χ2n) is 4.81. The van der Waals surface area contributed by atoms with Crippen LogP contribution >= 0.6 is 0 Å². The van der Waals surface area contributed by atoms with Crippen molar-refractivity contribution in [3.05, 3.63) is 12.3 Å². The van der Waals surface area contributed by atoms with Crippen molar-refractivity contribution in [2.75, 3.05) is 31.9 Å². The zero-order chi connectivity index (χ0) is 13.4. The normalized spacial score (nSPS) is 22.3.